The number of Topliss-reactive ketones (excluding diaryl/α,β-unsaturated/α-hetero) is 1. The van der Waals surface area contributed by atoms with Crippen LogP contribution in [-0.4, -0.2) is 30.4 Å². The number of benzene rings is 5. The summed E-state index contributed by atoms with van der Waals surface area (Å²) in [5, 5.41) is 4.84. The Morgan fingerprint density at radius 3 is 1.90 bits per heavy atom. The Morgan fingerprint density at radius 2 is 1.33 bits per heavy atom. The minimum absolute atomic E-state index is 0.0114. The van der Waals surface area contributed by atoms with E-state index in [0.29, 0.717) is 32.7 Å². The van der Waals surface area contributed by atoms with Crippen LogP contribution >= 0.6 is 34.8 Å². The smallest absolute Gasteiger partial charge is 0.264 e. The molecule has 0 aliphatic rings. The summed E-state index contributed by atoms with van der Waals surface area (Å²) in [7, 11) is -4.13. The topological polar surface area (TPSA) is 101 Å². The van der Waals surface area contributed by atoms with Crippen molar-refractivity contribution >= 4 is 62.3 Å². The minimum Gasteiger partial charge on any atom is -0.326 e. The molecule has 5 aromatic rings. The molecule has 1 atom stereocenters. The molecule has 1 amide bonds. The van der Waals surface area contributed by atoms with E-state index in [1.807, 2.05) is 86.6 Å². The van der Waals surface area contributed by atoms with E-state index in [9.17, 15) is 18.0 Å². The predicted molar refractivity (Wildman–Crippen MR) is 200 cm³/mol. The molecule has 0 aliphatic heterocycles. The lowest BCUT2D eigenvalue weighted by Crippen LogP contribution is -2.23. The molecule has 1 unspecified atom stereocenters. The second-order valence-corrected chi connectivity index (χ2v) is 14.8. The summed E-state index contributed by atoms with van der Waals surface area (Å²) in [6.45, 7) is 3.96. The third kappa shape index (κ3) is 9.59. The van der Waals surface area contributed by atoms with E-state index in [2.05, 4.69) is 5.32 Å². The molecule has 0 bridgehead atoms. The van der Waals surface area contributed by atoms with Gasteiger partial charge < -0.3 is 5.32 Å². The van der Waals surface area contributed by atoms with E-state index in [1.54, 1.807) is 30.3 Å². The number of halogens is 3. The van der Waals surface area contributed by atoms with Crippen LogP contribution in [0.2, 0.25) is 15.1 Å². The lowest BCUT2D eigenvalue weighted by Gasteiger charge is -2.19. The lowest BCUT2D eigenvalue weighted by atomic mass is 9.89. The Bertz CT molecular complexity index is 2110. The number of aryl methyl sites for hydroxylation is 2. The Balaban J connectivity index is 1.39. The summed E-state index contributed by atoms with van der Waals surface area (Å²) in [4.78, 5) is 26.6. The van der Waals surface area contributed by atoms with Crippen LogP contribution in [0.15, 0.2) is 103 Å². The number of ketones is 1. The Hall–Kier alpha value is -3.98. The van der Waals surface area contributed by atoms with Crippen LogP contribution < -0.4 is 5.32 Å². The Labute approximate surface area is 301 Å². The first-order chi connectivity index (χ1) is 23.3. The van der Waals surface area contributed by atoms with Gasteiger partial charge in [-0.1, -0.05) is 102 Å². The molecule has 6 nitrogen and oxygen atoms in total. The molecule has 0 saturated carbocycles. The molecular formula is C39H34Cl3NO5S. The van der Waals surface area contributed by atoms with Crippen LogP contribution in [0.5, 0.6) is 0 Å². The van der Waals surface area contributed by atoms with Crippen molar-refractivity contribution in [3.63, 3.8) is 0 Å². The largest absolute Gasteiger partial charge is 0.326 e. The molecule has 0 spiro atoms. The fourth-order valence-electron chi connectivity index (χ4n) is 5.80. The zero-order valence-electron chi connectivity index (χ0n) is 26.8. The maximum absolute atomic E-state index is 14.0. The van der Waals surface area contributed by atoms with E-state index < -0.39 is 21.8 Å². The highest BCUT2D eigenvalue weighted by Gasteiger charge is 2.23. The molecule has 0 heterocycles. The van der Waals surface area contributed by atoms with Crippen LogP contribution in [0.4, 0.5) is 5.69 Å². The molecule has 0 aliphatic carbocycles. The standard InChI is InChI=1S/C39H34Cl3NO5S/c1-24-20-30(40)13-16-33(24)27-9-11-28(12-10-27)36(22-26-5-7-29(8-6-26)38(44)4-3-19-49(46,47)48)39(45)43-32-15-18-35(37(42)23-32)34-17-14-31(41)21-25(34)2/h5-18,20-21,23,36H,3-4,19,22H2,1-2H3,(H,43,45)(H,46,47,48). The van der Waals surface area contributed by atoms with Gasteiger partial charge in [0.05, 0.1) is 16.7 Å². The number of carbonyl (C=O) groups is 2. The molecule has 2 N–H and O–H groups in total. The number of anilines is 1. The van der Waals surface area contributed by atoms with Crippen molar-refractivity contribution in [2.45, 2.75) is 39.0 Å². The van der Waals surface area contributed by atoms with Gasteiger partial charge in [0.2, 0.25) is 5.91 Å². The third-order valence-corrected chi connectivity index (χ3v) is 9.95. The average Bonchev–Trinajstić information content (AvgIpc) is 3.04. The van der Waals surface area contributed by atoms with Crippen LogP contribution in [-0.2, 0) is 21.3 Å². The van der Waals surface area contributed by atoms with Gasteiger partial charge in [-0.15, -0.1) is 0 Å². The number of hydrogen-bond donors (Lipinski definition) is 2. The zero-order chi connectivity index (χ0) is 35.3. The van der Waals surface area contributed by atoms with Gasteiger partial charge in [0.25, 0.3) is 10.1 Å². The highest BCUT2D eigenvalue weighted by atomic mass is 35.5. The Morgan fingerprint density at radius 1 is 0.735 bits per heavy atom. The Kier molecular flexibility index (Phi) is 11.6. The van der Waals surface area contributed by atoms with Crippen LogP contribution in [0.1, 0.15) is 51.4 Å². The molecule has 5 aromatic carbocycles. The minimum atomic E-state index is -4.13. The van der Waals surface area contributed by atoms with Crippen molar-refractivity contribution in [2.75, 3.05) is 11.1 Å². The van der Waals surface area contributed by atoms with Crippen molar-refractivity contribution in [2.24, 2.45) is 0 Å². The molecular weight excluding hydrogens is 701 g/mol. The number of rotatable bonds is 12. The molecule has 0 fully saturated rings. The molecule has 49 heavy (non-hydrogen) atoms. The van der Waals surface area contributed by atoms with Crippen molar-refractivity contribution < 1.29 is 22.6 Å². The number of amides is 1. The number of carbonyl (C=O) groups excluding carboxylic acids is 2. The van der Waals surface area contributed by atoms with E-state index in [0.717, 1.165) is 44.5 Å². The summed E-state index contributed by atoms with van der Waals surface area (Å²) >= 11 is 19.0. The molecule has 0 radical (unpaired) electrons. The zero-order valence-corrected chi connectivity index (χ0v) is 29.9. The summed E-state index contributed by atoms with van der Waals surface area (Å²) in [6.07, 6.45) is 0.359. The number of hydrogen-bond acceptors (Lipinski definition) is 4. The normalized spacial score (nSPS) is 12.0. The maximum atomic E-state index is 14.0. The van der Waals surface area contributed by atoms with Gasteiger partial charge in [-0.25, -0.2) is 0 Å². The SMILES string of the molecule is Cc1cc(Cl)ccc1-c1ccc(C(Cc2ccc(C(=O)CCCS(=O)(=O)O)cc2)C(=O)Nc2ccc(-c3ccc(Cl)cc3C)c(Cl)c2)cc1. The van der Waals surface area contributed by atoms with E-state index in [-0.39, 0.29) is 24.5 Å². The van der Waals surface area contributed by atoms with Gasteiger partial charge in [-0.2, -0.15) is 8.42 Å². The van der Waals surface area contributed by atoms with Gasteiger partial charge >= 0.3 is 0 Å². The molecule has 0 aromatic heterocycles. The van der Waals surface area contributed by atoms with Crippen LogP contribution in [0, 0.1) is 13.8 Å². The summed E-state index contributed by atoms with van der Waals surface area (Å²) < 4.78 is 31.0. The summed E-state index contributed by atoms with van der Waals surface area (Å²) in [5.41, 5.74) is 8.44. The van der Waals surface area contributed by atoms with Crippen molar-refractivity contribution in [3.8, 4) is 22.3 Å². The van der Waals surface area contributed by atoms with Gasteiger partial charge in [0.15, 0.2) is 5.78 Å². The van der Waals surface area contributed by atoms with Gasteiger partial charge in [-0.05, 0) is 102 Å². The van der Waals surface area contributed by atoms with Crippen LogP contribution in [0.3, 0.4) is 0 Å². The highest BCUT2D eigenvalue weighted by Crippen LogP contribution is 2.35. The average molecular weight is 735 g/mol. The predicted octanol–water partition coefficient (Wildman–Crippen LogP) is 10.4. The van der Waals surface area contributed by atoms with E-state index >= 15 is 0 Å². The first-order valence-electron chi connectivity index (χ1n) is 15.6. The van der Waals surface area contributed by atoms with E-state index in [1.165, 1.54) is 0 Å². The molecule has 252 valence electrons. The fourth-order valence-corrected chi connectivity index (χ4v) is 7.04. The first kappa shape index (κ1) is 36.3. The van der Waals surface area contributed by atoms with Crippen LogP contribution in [0.25, 0.3) is 22.3 Å². The van der Waals surface area contributed by atoms with Gasteiger partial charge in [-0.3, -0.25) is 14.1 Å². The quantitative estimate of drug-likeness (QED) is 0.0982. The molecule has 0 saturated heterocycles. The van der Waals surface area contributed by atoms with Gasteiger partial charge in [0, 0.05) is 33.3 Å². The second kappa shape index (κ2) is 15.7. The van der Waals surface area contributed by atoms with Crippen molar-refractivity contribution in [1.82, 2.24) is 0 Å². The lowest BCUT2D eigenvalue weighted by molar-refractivity contribution is -0.117. The third-order valence-electron chi connectivity index (χ3n) is 8.37. The van der Waals surface area contributed by atoms with Crippen molar-refractivity contribution in [1.29, 1.82) is 0 Å². The summed E-state index contributed by atoms with van der Waals surface area (Å²) in [5.74, 6) is -1.52. The number of nitrogens with one attached hydrogen (secondary N) is 1. The van der Waals surface area contributed by atoms with Gasteiger partial charge in [0.1, 0.15) is 0 Å². The highest BCUT2D eigenvalue weighted by molar-refractivity contribution is 7.85. The molecule has 5 rings (SSSR count). The monoisotopic (exact) mass is 733 g/mol. The first-order valence-corrected chi connectivity index (χ1v) is 18.3. The molecule has 10 heteroatoms. The second-order valence-electron chi connectivity index (χ2n) is 12.0. The van der Waals surface area contributed by atoms with E-state index in [4.69, 9.17) is 39.4 Å². The summed E-state index contributed by atoms with van der Waals surface area (Å²) in [6, 6.07) is 31.5. The fraction of sp³-hybridized carbons (Fsp3) is 0.179. The maximum Gasteiger partial charge on any atom is 0.264 e. The van der Waals surface area contributed by atoms with Crippen molar-refractivity contribution in [3.05, 3.63) is 146 Å².